The summed E-state index contributed by atoms with van der Waals surface area (Å²) in [5.74, 6) is -0.157. The summed E-state index contributed by atoms with van der Waals surface area (Å²) in [5.41, 5.74) is 8.25. The zero-order valence-corrected chi connectivity index (χ0v) is 15.1. The predicted octanol–water partition coefficient (Wildman–Crippen LogP) is 3.22. The van der Waals surface area contributed by atoms with Gasteiger partial charge < -0.3 is 9.73 Å². The van der Waals surface area contributed by atoms with Crippen LogP contribution in [0.5, 0.6) is 0 Å². The molecule has 1 amide bonds. The fraction of sp³-hybridized carbons (Fsp3) is 0.444. The van der Waals surface area contributed by atoms with Gasteiger partial charge in [0.25, 0.3) is 0 Å². The first-order valence-electron chi connectivity index (χ1n) is 8.45. The van der Waals surface area contributed by atoms with Gasteiger partial charge in [-0.05, 0) is 36.7 Å². The van der Waals surface area contributed by atoms with Crippen molar-refractivity contribution in [2.75, 3.05) is 6.54 Å². The Kier molecular flexibility index (Phi) is 7.06. The van der Waals surface area contributed by atoms with E-state index in [4.69, 9.17) is 16.6 Å². The van der Waals surface area contributed by atoms with Crippen LogP contribution in [0.4, 0.5) is 0 Å². The van der Waals surface area contributed by atoms with Crippen molar-refractivity contribution in [1.82, 2.24) is 16.2 Å². The van der Waals surface area contributed by atoms with Gasteiger partial charge in [-0.3, -0.25) is 15.6 Å². The average Bonchev–Trinajstić information content (AvgIpc) is 2.99. The standard InChI is InChI=1S/C18H25N3O2S/c1-3-5-6-9-19-18(24)21-20-17(22)11-14-12-23-16-10-13(4-2)7-8-15(14)16/h7-8,10,12H,3-6,9,11H2,1-2H3,(H,20,22)(H2,19,21,24). The van der Waals surface area contributed by atoms with Crippen LogP contribution in [0, 0.1) is 0 Å². The van der Waals surface area contributed by atoms with E-state index in [9.17, 15) is 4.79 Å². The molecule has 2 aromatic rings. The molecule has 1 heterocycles. The number of amides is 1. The minimum atomic E-state index is -0.157. The summed E-state index contributed by atoms with van der Waals surface area (Å²) in [4.78, 5) is 12.1. The summed E-state index contributed by atoms with van der Waals surface area (Å²) < 4.78 is 5.56. The van der Waals surface area contributed by atoms with Crippen molar-refractivity contribution < 1.29 is 9.21 Å². The molecule has 130 valence electrons. The van der Waals surface area contributed by atoms with Crippen LogP contribution in [0.2, 0.25) is 0 Å². The van der Waals surface area contributed by atoms with Gasteiger partial charge >= 0.3 is 0 Å². The molecule has 0 aliphatic heterocycles. The molecule has 0 fully saturated rings. The predicted molar refractivity (Wildman–Crippen MR) is 101 cm³/mol. The molecule has 24 heavy (non-hydrogen) atoms. The van der Waals surface area contributed by atoms with E-state index in [1.165, 1.54) is 5.56 Å². The third-order valence-corrected chi connectivity index (χ3v) is 4.11. The number of aryl methyl sites for hydroxylation is 1. The van der Waals surface area contributed by atoms with Crippen LogP contribution in [0.15, 0.2) is 28.9 Å². The first-order chi connectivity index (χ1) is 11.6. The van der Waals surface area contributed by atoms with Gasteiger partial charge in [-0.2, -0.15) is 0 Å². The first kappa shape index (κ1) is 18.3. The minimum absolute atomic E-state index is 0.157. The van der Waals surface area contributed by atoms with Crippen molar-refractivity contribution in [3.63, 3.8) is 0 Å². The topological polar surface area (TPSA) is 66.3 Å². The highest BCUT2D eigenvalue weighted by atomic mass is 32.1. The lowest BCUT2D eigenvalue weighted by atomic mass is 10.1. The van der Waals surface area contributed by atoms with Crippen molar-refractivity contribution >= 4 is 34.2 Å². The third-order valence-electron chi connectivity index (χ3n) is 3.86. The Morgan fingerprint density at radius 1 is 1.21 bits per heavy atom. The molecule has 0 atom stereocenters. The number of hydrogen-bond acceptors (Lipinski definition) is 3. The number of hydrazine groups is 1. The fourth-order valence-electron chi connectivity index (χ4n) is 2.45. The molecule has 0 unspecified atom stereocenters. The third kappa shape index (κ3) is 5.23. The summed E-state index contributed by atoms with van der Waals surface area (Å²) in [6, 6.07) is 6.09. The van der Waals surface area contributed by atoms with Crippen molar-refractivity contribution in [1.29, 1.82) is 0 Å². The Morgan fingerprint density at radius 3 is 2.79 bits per heavy atom. The van der Waals surface area contributed by atoms with Crippen molar-refractivity contribution in [2.24, 2.45) is 0 Å². The van der Waals surface area contributed by atoms with Gasteiger partial charge in [0, 0.05) is 17.5 Å². The fourth-order valence-corrected chi connectivity index (χ4v) is 2.60. The second-order valence-corrected chi connectivity index (χ2v) is 6.17. The highest BCUT2D eigenvalue weighted by Gasteiger charge is 2.11. The lowest BCUT2D eigenvalue weighted by Crippen LogP contribution is -2.47. The zero-order chi connectivity index (χ0) is 17.4. The molecule has 6 heteroatoms. The molecule has 3 N–H and O–H groups in total. The zero-order valence-electron chi connectivity index (χ0n) is 14.3. The molecule has 0 spiro atoms. The summed E-state index contributed by atoms with van der Waals surface area (Å²) in [6.45, 7) is 5.06. The van der Waals surface area contributed by atoms with E-state index in [0.29, 0.717) is 5.11 Å². The van der Waals surface area contributed by atoms with Crippen molar-refractivity contribution in [3.05, 3.63) is 35.6 Å². The van der Waals surface area contributed by atoms with Crippen LogP contribution in [0.3, 0.4) is 0 Å². The maximum absolute atomic E-state index is 12.1. The number of nitrogens with one attached hydrogen (secondary N) is 3. The van der Waals surface area contributed by atoms with Crippen LogP contribution in [-0.4, -0.2) is 17.6 Å². The Morgan fingerprint density at radius 2 is 2.04 bits per heavy atom. The molecule has 2 rings (SSSR count). The number of benzene rings is 1. The number of carbonyl (C=O) groups is 1. The maximum atomic E-state index is 12.1. The number of rotatable bonds is 7. The van der Waals surface area contributed by atoms with E-state index >= 15 is 0 Å². The Balaban J connectivity index is 1.81. The second kappa shape index (κ2) is 9.27. The van der Waals surface area contributed by atoms with E-state index in [2.05, 4.69) is 36.1 Å². The van der Waals surface area contributed by atoms with Crippen LogP contribution in [0.1, 0.15) is 44.2 Å². The number of carbonyl (C=O) groups excluding carboxylic acids is 1. The summed E-state index contributed by atoms with van der Waals surface area (Å²) in [6.07, 6.45) is 6.23. The average molecular weight is 347 g/mol. The molecule has 5 nitrogen and oxygen atoms in total. The molecule has 1 aromatic heterocycles. The van der Waals surface area contributed by atoms with E-state index in [-0.39, 0.29) is 12.3 Å². The van der Waals surface area contributed by atoms with Crippen LogP contribution in [0.25, 0.3) is 11.0 Å². The van der Waals surface area contributed by atoms with Gasteiger partial charge in [0.15, 0.2) is 5.11 Å². The van der Waals surface area contributed by atoms with E-state index in [1.54, 1.807) is 6.26 Å². The van der Waals surface area contributed by atoms with Crippen molar-refractivity contribution in [3.8, 4) is 0 Å². The van der Waals surface area contributed by atoms with Gasteiger partial charge in [0.2, 0.25) is 5.91 Å². The highest BCUT2D eigenvalue weighted by molar-refractivity contribution is 7.80. The lowest BCUT2D eigenvalue weighted by molar-refractivity contribution is -0.121. The molecule has 0 bridgehead atoms. The molecule has 1 aromatic carbocycles. The van der Waals surface area contributed by atoms with E-state index in [0.717, 1.165) is 48.8 Å². The molecular weight excluding hydrogens is 322 g/mol. The van der Waals surface area contributed by atoms with Crippen LogP contribution >= 0.6 is 12.2 Å². The normalized spacial score (nSPS) is 10.6. The molecule has 0 aliphatic carbocycles. The van der Waals surface area contributed by atoms with Crippen LogP contribution in [-0.2, 0) is 17.6 Å². The lowest BCUT2D eigenvalue weighted by Gasteiger charge is -2.11. The summed E-state index contributed by atoms with van der Waals surface area (Å²) in [5, 5.41) is 4.47. The Bertz CT molecular complexity index is 697. The van der Waals surface area contributed by atoms with E-state index in [1.807, 2.05) is 12.1 Å². The van der Waals surface area contributed by atoms with Gasteiger partial charge in [0.1, 0.15) is 5.58 Å². The Hall–Kier alpha value is -2.08. The molecule has 0 aliphatic rings. The maximum Gasteiger partial charge on any atom is 0.242 e. The summed E-state index contributed by atoms with van der Waals surface area (Å²) in [7, 11) is 0. The summed E-state index contributed by atoms with van der Waals surface area (Å²) >= 11 is 5.12. The minimum Gasteiger partial charge on any atom is -0.464 e. The monoisotopic (exact) mass is 347 g/mol. The van der Waals surface area contributed by atoms with Gasteiger partial charge in [-0.15, -0.1) is 0 Å². The number of fused-ring (bicyclic) bond motifs is 1. The Labute approximate surface area is 148 Å². The molecule has 0 saturated carbocycles. The van der Waals surface area contributed by atoms with Crippen LogP contribution < -0.4 is 16.2 Å². The number of furan rings is 1. The molecule has 0 saturated heterocycles. The van der Waals surface area contributed by atoms with Gasteiger partial charge in [0.05, 0.1) is 12.7 Å². The van der Waals surface area contributed by atoms with Gasteiger partial charge in [-0.1, -0.05) is 38.8 Å². The van der Waals surface area contributed by atoms with Crippen molar-refractivity contribution in [2.45, 2.75) is 46.0 Å². The highest BCUT2D eigenvalue weighted by Crippen LogP contribution is 2.23. The largest absolute Gasteiger partial charge is 0.464 e. The molecule has 0 radical (unpaired) electrons. The number of thiocarbonyl (C=S) groups is 1. The molecular formula is C18H25N3O2S. The van der Waals surface area contributed by atoms with E-state index < -0.39 is 0 Å². The van der Waals surface area contributed by atoms with Gasteiger partial charge in [-0.25, -0.2) is 0 Å². The smallest absolute Gasteiger partial charge is 0.242 e. The number of hydrogen-bond donors (Lipinski definition) is 3. The second-order valence-electron chi connectivity index (χ2n) is 5.76. The SMILES string of the molecule is CCCCCNC(=S)NNC(=O)Cc1coc2cc(CC)ccc12. The number of unbranched alkanes of at least 4 members (excludes halogenated alkanes) is 2. The quantitative estimate of drug-likeness (QED) is 0.408. The first-order valence-corrected chi connectivity index (χ1v) is 8.86.